The van der Waals surface area contributed by atoms with Crippen molar-refractivity contribution < 1.29 is 9.53 Å². The van der Waals surface area contributed by atoms with Gasteiger partial charge in [0.2, 0.25) is 0 Å². The van der Waals surface area contributed by atoms with Gasteiger partial charge in [0.05, 0.1) is 5.57 Å². The van der Waals surface area contributed by atoms with Gasteiger partial charge >= 0.3 is 5.97 Å². The highest BCUT2D eigenvalue weighted by molar-refractivity contribution is 5.93. The molecule has 2 rings (SSSR count). The maximum Gasteiger partial charge on any atom is 0.343 e. The second-order valence-electron chi connectivity index (χ2n) is 5.85. The Labute approximate surface area is 120 Å². The van der Waals surface area contributed by atoms with E-state index < -0.39 is 0 Å². The van der Waals surface area contributed by atoms with Crippen LogP contribution in [0.15, 0.2) is 59.7 Å². The SMILES string of the molecule is CC1=CC(C)(C)C=C(C(=O)Oc2ccc(C)cc2)C=C1. The van der Waals surface area contributed by atoms with Gasteiger partial charge in [-0.05, 0) is 32.1 Å². The summed E-state index contributed by atoms with van der Waals surface area (Å²) in [6.07, 6.45) is 7.83. The average molecular weight is 268 g/mol. The highest BCUT2D eigenvalue weighted by atomic mass is 16.5. The topological polar surface area (TPSA) is 26.3 Å². The predicted octanol–water partition coefficient (Wildman–Crippen LogP) is 4.37. The number of hydrogen-bond donors (Lipinski definition) is 0. The minimum atomic E-state index is -0.318. The number of esters is 1. The van der Waals surface area contributed by atoms with E-state index >= 15 is 0 Å². The van der Waals surface area contributed by atoms with Crippen LogP contribution in [0.4, 0.5) is 0 Å². The molecule has 0 unspecified atom stereocenters. The van der Waals surface area contributed by atoms with Gasteiger partial charge in [0.15, 0.2) is 0 Å². The molecule has 2 heteroatoms. The molecular weight excluding hydrogens is 248 g/mol. The Morgan fingerprint density at radius 2 is 1.65 bits per heavy atom. The normalized spacial score (nSPS) is 17.0. The molecule has 0 saturated heterocycles. The number of allylic oxidation sites excluding steroid dienone is 4. The largest absolute Gasteiger partial charge is 0.423 e. The van der Waals surface area contributed by atoms with Crippen molar-refractivity contribution in [3.63, 3.8) is 0 Å². The highest BCUT2D eigenvalue weighted by Crippen LogP contribution is 2.27. The van der Waals surface area contributed by atoms with E-state index in [-0.39, 0.29) is 11.4 Å². The van der Waals surface area contributed by atoms with E-state index in [1.165, 1.54) is 0 Å². The summed E-state index contributed by atoms with van der Waals surface area (Å²) in [4.78, 5) is 12.2. The maximum atomic E-state index is 12.2. The molecule has 1 aliphatic rings. The van der Waals surface area contributed by atoms with E-state index in [0.29, 0.717) is 11.3 Å². The molecule has 0 spiro atoms. The summed E-state index contributed by atoms with van der Waals surface area (Å²) < 4.78 is 5.41. The zero-order valence-corrected chi connectivity index (χ0v) is 12.4. The van der Waals surface area contributed by atoms with Gasteiger partial charge < -0.3 is 4.74 Å². The van der Waals surface area contributed by atoms with E-state index in [4.69, 9.17) is 4.74 Å². The first-order chi connectivity index (χ1) is 9.35. The van der Waals surface area contributed by atoms with Crippen molar-refractivity contribution in [1.29, 1.82) is 0 Å². The van der Waals surface area contributed by atoms with E-state index in [0.717, 1.165) is 11.1 Å². The van der Waals surface area contributed by atoms with Crippen LogP contribution in [0.25, 0.3) is 0 Å². The van der Waals surface area contributed by atoms with Crippen molar-refractivity contribution in [3.8, 4) is 5.75 Å². The smallest absolute Gasteiger partial charge is 0.343 e. The maximum absolute atomic E-state index is 12.2. The lowest BCUT2D eigenvalue weighted by molar-refractivity contribution is -0.129. The molecule has 0 saturated carbocycles. The first-order valence-corrected chi connectivity index (χ1v) is 6.75. The Balaban J connectivity index is 2.19. The monoisotopic (exact) mass is 268 g/mol. The van der Waals surface area contributed by atoms with Crippen molar-refractivity contribution in [2.24, 2.45) is 5.41 Å². The molecule has 0 fully saturated rings. The Kier molecular flexibility index (Phi) is 3.93. The van der Waals surface area contributed by atoms with Gasteiger partial charge in [0.25, 0.3) is 0 Å². The molecule has 0 N–H and O–H groups in total. The quantitative estimate of drug-likeness (QED) is 0.588. The van der Waals surface area contributed by atoms with Crippen LogP contribution >= 0.6 is 0 Å². The number of rotatable bonds is 2. The molecule has 104 valence electrons. The Hall–Kier alpha value is -2.09. The number of ether oxygens (including phenoxy) is 1. The van der Waals surface area contributed by atoms with Crippen molar-refractivity contribution in [1.82, 2.24) is 0 Å². The van der Waals surface area contributed by atoms with Gasteiger partial charge in [-0.3, -0.25) is 0 Å². The molecule has 0 aromatic heterocycles. The van der Waals surface area contributed by atoms with Crippen LogP contribution in [-0.4, -0.2) is 5.97 Å². The summed E-state index contributed by atoms with van der Waals surface area (Å²) in [5, 5.41) is 0. The Morgan fingerprint density at radius 3 is 2.30 bits per heavy atom. The number of aryl methyl sites for hydroxylation is 1. The lowest BCUT2D eigenvalue weighted by Crippen LogP contribution is -2.13. The molecule has 1 aromatic carbocycles. The second-order valence-corrected chi connectivity index (χ2v) is 5.85. The van der Waals surface area contributed by atoms with Gasteiger partial charge in [-0.1, -0.05) is 55.3 Å². The highest BCUT2D eigenvalue weighted by Gasteiger charge is 2.19. The first kappa shape index (κ1) is 14.3. The third kappa shape index (κ3) is 3.70. The molecular formula is C18H20O2. The van der Waals surface area contributed by atoms with Crippen LogP contribution in [0.2, 0.25) is 0 Å². The van der Waals surface area contributed by atoms with Crippen molar-refractivity contribution in [3.05, 3.63) is 65.3 Å². The van der Waals surface area contributed by atoms with Gasteiger partial charge in [0, 0.05) is 5.41 Å². The van der Waals surface area contributed by atoms with Crippen LogP contribution in [0.1, 0.15) is 26.3 Å². The van der Waals surface area contributed by atoms with E-state index in [2.05, 4.69) is 19.9 Å². The zero-order chi connectivity index (χ0) is 14.8. The molecule has 0 atom stereocenters. The van der Waals surface area contributed by atoms with Gasteiger partial charge in [0.1, 0.15) is 5.75 Å². The summed E-state index contributed by atoms with van der Waals surface area (Å²) in [7, 11) is 0. The molecule has 20 heavy (non-hydrogen) atoms. The number of hydrogen-bond acceptors (Lipinski definition) is 2. The van der Waals surface area contributed by atoms with Crippen LogP contribution in [-0.2, 0) is 4.79 Å². The summed E-state index contributed by atoms with van der Waals surface area (Å²) in [6, 6.07) is 7.47. The molecule has 1 aliphatic carbocycles. The summed E-state index contributed by atoms with van der Waals surface area (Å²) >= 11 is 0. The minimum absolute atomic E-state index is 0.158. The summed E-state index contributed by atoms with van der Waals surface area (Å²) in [5.74, 6) is 0.253. The molecule has 2 nitrogen and oxygen atoms in total. The lowest BCUT2D eigenvalue weighted by Gasteiger charge is -2.15. The fourth-order valence-electron chi connectivity index (χ4n) is 2.25. The third-order valence-electron chi connectivity index (χ3n) is 3.12. The second kappa shape index (κ2) is 5.49. The fraction of sp³-hybridized carbons (Fsp3) is 0.278. The van der Waals surface area contributed by atoms with Crippen molar-refractivity contribution in [2.45, 2.75) is 27.7 Å². The molecule has 0 amide bonds. The molecule has 0 bridgehead atoms. The van der Waals surface area contributed by atoms with Gasteiger partial charge in [-0.25, -0.2) is 4.79 Å². The van der Waals surface area contributed by atoms with Crippen LogP contribution in [0.3, 0.4) is 0 Å². The van der Waals surface area contributed by atoms with Crippen molar-refractivity contribution in [2.75, 3.05) is 0 Å². The molecule has 1 aromatic rings. The Bertz CT molecular complexity index is 599. The first-order valence-electron chi connectivity index (χ1n) is 6.75. The molecule has 0 aliphatic heterocycles. The number of carbonyl (C=O) groups is 1. The van der Waals surface area contributed by atoms with E-state index in [9.17, 15) is 4.79 Å². The van der Waals surface area contributed by atoms with Crippen LogP contribution in [0, 0.1) is 12.3 Å². The Morgan fingerprint density at radius 1 is 1.00 bits per heavy atom. The predicted molar refractivity (Wildman–Crippen MR) is 81.6 cm³/mol. The zero-order valence-electron chi connectivity index (χ0n) is 12.4. The van der Waals surface area contributed by atoms with Crippen LogP contribution < -0.4 is 4.74 Å². The minimum Gasteiger partial charge on any atom is -0.423 e. The standard InChI is InChI=1S/C18H20O2/c1-13-6-9-16(10-7-13)20-17(19)15-8-5-14(2)11-18(3,4)12-15/h5-12H,1-4H3. The lowest BCUT2D eigenvalue weighted by atomic mass is 9.90. The third-order valence-corrected chi connectivity index (χ3v) is 3.12. The number of benzene rings is 1. The van der Waals surface area contributed by atoms with Gasteiger partial charge in [-0.15, -0.1) is 0 Å². The van der Waals surface area contributed by atoms with E-state index in [1.54, 1.807) is 0 Å². The summed E-state index contributed by atoms with van der Waals surface area (Å²) in [6.45, 7) is 8.17. The van der Waals surface area contributed by atoms with Gasteiger partial charge in [-0.2, -0.15) is 0 Å². The van der Waals surface area contributed by atoms with Crippen LogP contribution in [0.5, 0.6) is 5.75 Å². The number of carbonyl (C=O) groups excluding carboxylic acids is 1. The summed E-state index contributed by atoms with van der Waals surface area (Å²) in [5.41, 5.74) is 2.71. The molecule has 0 heterocycles. The van der Waals surface area contributed by atoms with E-state index in [1.807, 2.05) is 56.3 Å². The van der Waals surface area contributed by atoms with Crippen molar-refractivity contribution >= 4 is 5.97 Å². The average Bonchev–Trinajstić information content (AvgIpc) is 2.49. The molecule has 0 radical (unpaired) electrons. The fourth-order valence-corrected chi connectivity index (χ4v) is 2.25.